The number of furan rings is 1. The van der Waals surface area contributed by atoms with Crippen LogP contribution in [0.2, 0.25) is 5.02 Å². The molecule has 0 aliphatic rings. The molecule has 0 amide bonds. The van der Waals surface area contributed by atoms with Crippen molar-refractivity contribution in [3.63, 3.8) is 0 Å². The topological polar surface area (TPSA) is 154 Å². The van der Waals surface area contributed by atoms with Crippen LogP contribution in [0.25, 0.3) is 17.4 Å². The number of hydrogen-bond acceptors (Lipinski definition) is 7. The highest BCUT2D eigenvalue weighted by Crippen LogP contribution is 2.32. The smallest absolute Gasteiger partial charge is 0.270 e. The van der Waals surface area contributed by atoms with Crippen LogP contribution in [0.4, 0.5) is 5.69 Å². The molecular weight excluding hydrogens is 358 g/mol. The Hall–Kier alpha value is -4.06. The van der Waals surface area contributed by atoms with Crippen molar-refractivity contribution in [1.29, 1.82) is 15.8 Å². The fourth-order valence-electron chi connectivity index (χ4n) is 1.99. The molecule has 0 saturated heterocycles. The van der Waals surface area contributed by atoms with Crippen molar-refractivity contribution in [1.82, 2.24) is 0 Å². The summed E-state index contributed by atoms with van der Waals surface area (Å²) in [6.45, 7) is 0. The molecule has 0 bridgehead atoms. The minimum absolute atomic E-state index is 0.112. The van der Waals surface area contributed by atoms with Crippen molar-refractivity contribution in [2.75, 3.05) is 0 Å². The molecule has 8 nitrogen and oxygen atoms in total. The summed E-state index contributed by atoms with van der Waals surface area (Å²) in [5.74, 6) is 0.543. The Balaban J connectivity index is 2.44. The third kappa shape index (κ3) is 3.70. The predicted octanol–water partition coefficient (Wildman–Crippen LogP) is 3.68. The van der Waals surface area contributed by atoms with E-state index >= 15 is 0 Å². The highest BCUT2D eigenvalue weighted by Gasteiger charge is 2.14. The summed E-state index contributed by atoms with van der Waals surface area (Å²) in [4.78, 5) is 10.2. The lowest BCUT2D eigenvalue weighted by molar-refractivity contribution is -0.384. The number of hydrogen-bond donors (Lipinski definition) is 1. The first-order valence-electron chi connectivity index (χ1n) is 6.87. The number of nitro groups is 1. The molecule has 2 N–H and O–H groups in total. The molecule has 9 heteroatoms. The first kappa shape index (κ1) is 18.3. The second-order valence-electron chi connectivity index (χ2n) is 4.81. The Kier molecular flexibility index (Phi) is 5.40. The van der Waals surface area contributed by atoms with E-state index in [9.17, 15) is 15.4 Å². The maximum absolute atomic E-state index is 10.8. The van der Waals surface area contributed by atoms with Gasteiger partial charge in [-0.1, -0.05) is 11.6 Å². The minimum Gasteiger partial charge on any atom is -0.457 e. The van der Waals surface area contributed by atoms with E-state index in [2.05, 4.69) is 0 Å². The first-order chi connectivity index (χ1) is 12.4. The lowest BCUT2D eigenvalue weighted by atomic mass is 10.1. The summed E-state index contributed by atoms with van der Waals surface area (Å²) in [5.41, 5.74) is 5.16. The Morgan fingerprint density at radius 1 is 1.19 bits per heavy atom. The van der Waals surface area contributed by atoms with Crippen LogP contribution in [0.3, 0.4) is 0 Å². The monoisotopic (exact) mass is 365 g/mol. The second kappa shape index (κ2) is 7.67. The highest BCUT2D eigenvalue weighted by molar-refractivity contribution is 6.33. The van der Waals surface area contributed by atoms with E-state index in [1.165, 1.54) is 30.3 Å². The van der Waals surface area contributed by atoms with Gasteiger partial charge < -0.3 is 10.2 Å². The van der Waals surface area contributed by atoms with Crippen LogP contribution in [-0.2, 0) is 0 Å². The molecular formula is C17H8ClN5O3. The summed E-state index contributed by atoms with van der Waals surface area (Å²) >= 11 is 6.05. The molecule has 0 aliphatic carbocycles. The molecule has 1 heterocycles. The van der Waals surface area contributed by atoms with Crippen LogP contribution < -0.4 is 5.73 Å². The van der Waals surface area contributed by atoms with Crippen LogP contribution in [0.5, 0.6) is 0 Å². The number of nitrogens with two attached hydrogens (primary N) is 1. The van der Waals surface area contributed by atoms with Gasteiger partial charge in [0.05, 0.1) is 21.2 Å². The number of nitro benzene ring substituents is 1. The zero-order valence-corrected chi connectivity index (χ0v) is 13.7. The van der Waals surface area contributed by atoms with Gasteiger partial charge in [0.25, 0.3) is 5.69 Å². The molecule has 1 aromatic carbocycles. The van der Waals surface area contributed by atoms with Crippen LogP contribution in [0.15, 0.2) is 51.6 Å². The van der Waals surface area contributed by atoms with Crippen molar-refractivity contribution in [3.8, 4) is 29.5 Å². The number of benzene rings is 1. The van der Waals surface area contributed by atoms with Gasteiger partial charge in [0.1, 0.15) is 29.7 Å². The Morgan fingerprint density at radius 2 is 1.88 bits per heavy atom. The molecule has 0 atom stereocenters. The largest absolute Gasteiger partial charge is 0.457 e. The van der Waals surface area contributed by atoms with Gasteiger partial charge in [-0.15, -0.1) is 0 Å². The molecule has 0 unspecified atom stereocenters. The van der Waals surface area contributed by atoms with Gasteiger partial charge >= 0.3 is 0 Å². The van der Waals surface area contributed by atoms with E-state index in [1.54, 1.807) is 24.3 Å². The van der Waals surface area contributed by atoms with Crippen LogP contribution in [0.1, 0.15) is 5.76 Å². The average molecular weight is 366 g/mol. The lowest BCUT2D eigenvalue weighted by Gasteiger charge is -2.01. The van der Waals surface area contributed by atoms with E-state index < -0.39 is 4.92 Å². The molecule has 0 fully saturated rings. The molecule has 1 aromatic heterocycles. The number of allylic oxidation sites excluding steroid dienone is 2. The molecule has 2 aromatic rings. The number of halogens is 1. The first-order valence-corrected chi connectivity index (χ1v) is 7.25. The third-order valence-corrected chi connectivity index (χ3v) is 3.56. The third-order valence-electron chi connectivity index (χ3n) is 3.25. The predicted molar refractivity (Wildman–Crippen MR) is 91.8 cm³/mol. The lowest BCUT2D eigenvalue weighted by Crippen LogP contribution is -2.03. The van der Waals surface area contributed by atoms with Crippen LogP contribution in [0, 0.1) is 44.1 Å². The molecule has 2 rings (SSSR count). The number of nitriles is 3. The normalized spacial score (nSPS) is 10.3. The molecule has 26 heavy (non-hydrogen) atoms. The summed E-state index contributed by atoms with van der Waals surface area (Å²) in [6, 6.07) is 12.0. The van der Waals surface area contributed by atoms with Gasteiger partial charge in [-0.3, -0.25) is 10.1 Å². The summed E-state index contributed by atoms with van der Waals surface area (Å²) in [7, 11) is 0. The van der Waals surface area contributed by atoms with Crippen molar-refractivity contribution in [2.45, 2.75) is 0 Å². The van der Waals surface area contributed by atoms with E-state index in [0.717, 1.165) is 0 Å². The standard InChI is InChI=1S/C17H8ClN5O3/c18-15-6-12(23(24)25)1-3-14(15)16-4-2-13(26-16)5-10(7-19)17(22)11(8-20)9-21/h1-6H,22H2. The van der Waals surface area contributed by atoms with Crippen molar-refractivity contribution in [2.24, 2.45) is 5.73 Å². The van der Waals surface area contributed by atoms with Gasteiger partial charge in [0, 0.05) is 23.8 Å². The number of non-ortho nitro benzene ring substituents is 1. The van der Waals surface area contributed by atoms with Gasteiger partial charge in [-0.2, -0.15) is 15.8 Å². The van der Waals surface area contributed by atoms with Crippen molar-refractivity contribution < 1.29 is 9.34 Å². The quantitative estimate of drug-likeness (QED) is 0.375. The van der Waals surface area contributed by atoms with Gasteiger partial charge in [-0.05, 0) is 18.2 Å². The fourth-order valence-corrected chi connectivity index (χ4v) is 2.25. The van der Waals surface area contributed by atoms with Gasteiger partial charge in [0.15, 0.2) is 5.57 Å². The minimum atomic E-state index is -0.567. The zero-order valence-electron chi connectivity index (χ0n) is 12.9. The maximum atomic E-state index is 10.8. The van der Waals surface area contributed by atoms with E-state index in [4.69, 9.17) is 32.3 Å². The molecule has 0 aliphatic heterocycles. The number of nitrogens with zero attached hydrogens (tertiary/aromatic N) is 4. The van der Waals surface area contributed by atoms with Gasteiger partial charge in [-0.25, -0.2) is 0 Å². The maximum Gasteiger partial charge on any atom is 0.270 e. The Labute approximate surface area is 152 Å². The molecule has 0 spiro atoms. The fraction of sp³-hybridized carbons (Fsp3) is 0. The van der Waals surface area contributed by atoms with Crippen molar-refractivity contribution in [3.05, 3.63) is 68.1 Å². The summed E-state index contributed by atoms with van der Waals surface area (Å²) < 4.78 is 5.55. The number of rotatable bonds is 4. The summed E-state index contributed by atoms with van der Waals surface area (Å²) in [5, 5.41) is 37.7. The Bertz CT molecular complexity index is 1060. The second-order valence-corrected chi connectivity index (χ2v) is 5.21. The summed E-state index contributed by atoms with van der Waals surface area (Å²) in [6.07, 6.45) is 1.27. The van der Waals surface area contributed by atoms with Crippen molar-refractivity contribution >= 4 is 23.4 Å². The van der Waals surface area contributed by atoms with Crippen LogP contribution >= 0.6 is 11.6 Å². The van der Waals surface area contributed by atoms with E-state index in [1.807, 2.05) is 0 Å². The zero-order chi connectivity index (χ0) is 19.3. The molecule has 0 saturated carbocycles. The van der Waals surface area contributed by atoms with Gasteiger partial charge in [0.2, 0.25) is 0 Å². The van der Waals surface area contributed by atoms with E-state index in [-0.39, 0.29) is 33.3 Å². The molecule has 0 radical (unpaired) electrons. The average Bonchev–Trinajstić information content (AvgIpc) is 3.08. The SMILES string of the molecule is N#CC(=Cc1ccc(-c2ccc([N+](=O)[O-])cc2Cl)o1)C(N)=C(C#N)C#N. The van der Waals surface area contributed by atoms with Crippen LogP contribution in [-0.4, -0.2) is 4.92 Å². The molecule has 126 valence electrons. The Morgan fingerprint density at radius 3 is 2.42 bits per heavy atom. The van der Waals surface area contributed by atoms with E-state index in [0.29, 0.717) is 11.3 Å². The highest BCUT2D eigenvalue weighted by atomic mass is 35.5.